The molecule has 2 heterocycles. The number of para-hydroxylation sites is 1. The van der Waals surface area contributed by atoms with Crippen LogP contribution in [0, 0.1) is 12.3 Å². The summed E-state index contributed by atoms with van der Waals surface area (Å²) in [5.41, 5.74) is 1.96. The van der Waals surface area contributed by atoms with Crippen LogP contribution in [0.1, 0.15) is 11.1 Å². The smallest absolute Gasteiger partial charge is 0.283 e. The molecule has 8 heteroatoms. The van der Waals surface area contributed by atoms with Gasteiger partial charge in [0.15, 0.2) is 5.17 Å². The van der Waals surface area contributed by atoms with Crippen molar-refractivity contribution in [2.75, 3.05) is 13.2 Å². The number of thioether (sulfide) groups is 1. The molecule has 4 rings (SSSR count). The van der Waals surface area contributed by atoms with E-state index in [4.69, 9.17) is 26.5 Å². The van der Waals surface area contributed by atoms with Crippen LogP contribution in [-0.4, -0.2) is 35.0 Å². The lowest BCUT2D eigenvalue weighted by Gasteiger charge is -2.22. The molecule has 0 radical (unpaired) electrons. The summed E-state index contributed by atoms with van der Waals surface area (Å²) in [6.07, 6.45) is 3.33. The number of amidine groups is 2. The van der Waals surface area contributed by atoms with Gasteiger partial charge in [-0.05, 0) is 47.7 Å². The van der Waals surface area contributed by atoms with Gasteiger partial charge in [-0.2, -0.15) is 4.99 Å². The summed E-state index contributed by atoms with van der Waals surface area (Å²) in [5.74, 6) is 1.01. The Morgan fingerprint density at radius 2 is 1.93 bits per heavy atom. The quantitative estimate of drug-likeness (QED) is 0.512. The van der Waals surface area contributed by atoms with E-state index >= 15 is 0 Å². The maximum atomic E-state index is 12.3. The molecule has 0 saturated carbocycles. The number of nitrogens with one attached hydrogen (secondary N) is 1. The first-order chi connectivity index (χ1) is 14.5. The van der Waals surface area contributed by atoms with Gasteiger partial charge in [-0.15, -0.1) is 0 Å². The number of halogens is 1. The molecule has 2 aliphatic rings. The van der Waals surface area contributed by atoms with E-state index in [1.54, 1.807) is 40.8 Å². The number of hydrogen-bond donors (Lipinski definition) is 1. The predicted octanol–water partition coefficient (Wildman–Crippen LogP) is 4.88. The van der Waals surface area contributed by atoms with Gasteiger partial charge in [-0.3, -0.25) is 15.1 Å². The number of benzene rings is 2. The number of carbonyl (C=O) groups excluding carboxylic acids is 1. The Kier molecular flexibility index (Phi) is 5.92. The Hall–Kier alpha value is -3.03. The molecule has 6 nitrogen and oxygen atoms in total. The van der Waals surface area contributed by atoms with Gasteiger partial charge in [-0.25, -0.2) is 0 Å². The molecule has 0 atom stereocenters. The Balaban J connectivity index is 1.40. The normalized spacial score (nSPS) is 16.7. The first kappa shape index (κ1) is 20.3. The highest BCUT2D eigenvalue weighted by molar-refractivity contribution is 8.16. The highest BCUT2D eigenvalue weighted by atomic mass is 35.5. The molecule has 0 saturated heterocycles. The lowest BCUT2D eigenvalue weighted by molar-refractivity contribution is -0.114. The second-order valence-electron chi connectivity index (χ2n) is 6.53. The van der Waals surface area contributed by atoms with E-state index in [0.29, 0.717) is 34.7 Å². The minimum absolute atomic E-state index is 0.0936. The number of aliphatic imine (C=N–C) groups is 1. The Bertz CT molecular complexity index is 1110. The second kappa shape index (κ2) is 8.77. The molecular formula is C22H18ClN3O3S. The molecule has 0 unspecified atom stereocenters. The lowest BCUT2D eigenvalue weighted by atomic mass is 10.1. The molecule has 0 spiro atoms. The maximum absolute atomic E-state index is 12.3. The highest BCUT2D eigenvalue weighted by Gasteiger charge is 2.31. The molecule has 1 N–H and O–H groups in total. The van der Waals surface area contributed by atoms with Crippen molar-refractivity contribution in [3.63, 3.8) is 0 Å². The van der Waals surface area contributed by atoms with Gasteiger partial charge >= 0.3 is 0 Å². The van der Waals surface area contributed by atoms with Crippen LogP contribution in [0.5, 0.6) is 11.5 Å². The molecule has 0 fully saturated rings. The number of nitrogens with zero attached hydrogens (tertiary/aromatic N) is 2. The Labute approximate surface area is 183 Å². The zero-order chi connectivity index (χ0) is 21.1. The summed E-state index contributed by atoms with van der Waals surface area (Å²) in [5, 5.41) is 11.0. The molecule has 0 bridgehead atoms. The number of carbonyl (C=O) groups is 1. The van der Waals surface area contributed by atoms with Crippen molar-refractivity contribution in [2.24, 2.45) is 4.99 Å². The molecule has 30 heavy (non-hydrogen) atoms. The maximum Gasteiger partial charge on any atom is 0.283 e. The van der Waals surface area contributed by atoms with Crippen LogP contribution in [-0.2, 0) is 4.79 Å². The topological polar surface area (TPSA) is 75.0 Å². The average Bonchev–Trinajstić information content (AvgIpc) is 3.19. The monoisotopic (exact) mass is 439 g/mol. The molecule has 152 valence electrons. The summed E-state index contributed by atoms with van der Waals surface area (Å²) < 4.78 is 11.4. The van der Waals surface area contributed by atoms with E-state index in [2.05, 4.69) is 4.99 Å². The fraction of sp³-hybridized carbons (Fsp3) is 0.136. The van der Waals surface area contributed by atoms with E-state index < -0.39 is 5.91 Å². The first-order valence-corrected chi connectivity index (χ1v) is 10.5. The van der Waals surface area contributed by atoms with Crippen LogP contribution in [0.15, 0.2) is 64.6 Å². The number of rotatable bonds is 6. The average molecular weight is 440 g/mol. The fourth-order valence-corrected chi connectivity index (χ4v) is 3.89. The van der Waals surface area contributed by atoms with Crippen molar-refractivity contribution in [3.8, 4) is 11.5 Å². The number of amides is 1. The van der Waals surface area contributed by atoms with Gasteiger partial charge in [-0.1, -0.05) is 47.6 Å². The Morgan fingerprint density at radius 3 is 2.70 bits per heavy atom. The molecule has 2 aromatic rings. The standard InChI is InChI=1S/C22H18ClN3O3S/c1-14-4-2-3-5-18(14)28-9-10-29-19-7-6-15(13-17(19)23)12-16-20(24)26-8-11-30-22(26)25-21(16)27/h2-8,11-13,24H,9-10H2,1H3/b16-12-,24-20?. The zero-order valence-electron chi connectivity index (χ0n) is 16.1. The first-order valence-electron chi connectivity index (χ1n) is 9.20. The van der Waals surface area contributed by atoms with Gasteiger partial charge in [0.05, 0.1) is 10.6 Å². The lowest BCUT2D eigenvalue weighted by Crippen LogP contribution is -2.35. The SMILES string of the molecule is Cc1ccccc1OCCOc1ccc(/C=C2/C(=N)N3C=CSC3=NC2=O)cc1Cl. The van der Waals surface area contributed by atoms with Crippen LogP contribution in [0.2, 0.25) is 5.02 Å². The fourth-order valence-electron chi connectivity index (χ4n) is 2.94. The van der Waals surface area contributed by atoms with Crippen molar-refractivity contribution < 1.29 is 14.3 Å². The van der Waals surface area contributed by atoms with Crippen LogP contribution >= 0.6 is 23.4 Å². The molecule has 2 aromatic carbocycles. The van der Waals surface area contributed by atoms with Gasteiger partial charge in [0.2, 0.25) is 0 Å². The molecule has 1 amide bonds. The van der Waals surface area contributed by atoms with Gasteiger partial charge < -0.3 is 9.47 Å². The van der Waals surface area contributed by atoms with Crippen molar-refractivity contribution in [3.05, 3.63) is 75.8 Å². The van der Waals surface area contributed by atoms with E-state index in [9.17, 15) is 4.79 Å². The summed E-state index contributed by atoms with van der Waals surface area (Å²) in [6, 6.07) is 13.0. The summed E-state index contributed by atoms with van der Waals surface area (Å²) in [4.78, 5) is 17.9. The minimum Gasteiger partial charge on any atom is -0.490 e. The molecule has 0 aromatic heterocycles. The number of fused-ring (bicyclic) bond motifs is 1. The third-order valence-electron chi connectivity index (χ3n) is 4.47. The van der Waals surface area contributed by atoms with E-state index in [-0.39, 0.29) is 11.4 Å². The van der Waals surface area contributed by atoms with Crippen LogP contribution in [0.3, 0.4) is 0 Å². The third kappa shape index (κ3) is 4.27. The molecular weight excluding hydrogens is 422 g/mol. The van der Waals surface area contributed by atoms with Crippen LogP contribution < -0.4 is 9.47 Å². The van der Waals surface area contributed by atoms with Crippen molar-refractivity contribution in [1.82, 2.24) is 4.90 Å². The summed E-state index contributed by atoms with van der Waals surface area (Å²) in [7, 11) is 0. The van der Waals surface area contributed by atoms with Crippen molar-refractivity contribution in [1.29, 1.82) is 5.41 Å². The van der Waals surface area contributed by atoms with Crippen LogP contribution in [0.25, 0.3) is 6.08 Å². The third-order valence-corrected chi connectivity index (χ3v) is 5.52. The van der Waals surface area contributed by atoms with Gasteiger partial charge in [0, 0.05) is 6.20 Å². The van der Waals surface area contributed by atoms with Crippen molar-refractivity contribution in [2.45, 2.75) is 6.92 Å². The minimum atomic E-state index is -0.438. The number of hydrogen-bond acceptors (Lipinski definition) is 5. The second-order valence-corrected chi connectivity index (χ2v) is 7.81. The Morgan fingerprint density at radius 1 is 1.17 bits per heavy atom. The number of aryl methyl sites for hydroxylation is 1. The molecule has 0 aliphatic carbocycles. The van der Waals surface area contributed by atoms with Gasteiger partial charge in [0.25, 0.3) is 5.91 Å². The van der Waals surface area contributed by atoms with E-state index in [1.165, 1.54) is 11.8 Å². The van der Waals surface area contributed by atoms with E-state index in [1.807, 2.05) is 31.2 Å². The largest absolute Gasteiger partial charge is 0.490 e. The predicted molar refractivity (Wildman–Crippen MR) is 120 cm³/mol. The van der Waals surface area contributed by atoms with E-state index in [0.717, 1.165) is 11.3 Å². The highest BCUT2D eigenvalue weighted by Crippen LogP contribution is 2.30. The summed E-state index contributed by atoms with van der Waals surface area (Å²) in [6.45, 7) is 2.72. The number of ether oxygens (including phenoxy) is 2. The summed E-state index contributed by atoms with van der Waals surface area (Å²) >= 11 is 7.66. The van der Waals surface area contributed by atoms with Crippen LogP contribution in [0.4, 0.5) is 0 Å². The van der Waals surface area contributed by atoms with Crippen molar-refractivity contribution >= 4 is 46.3 Å². The zero-order valence-corrected chi connectivity index (χ0v) is 17.7. The molecule has 2 aliphatic heterocycles. The van der Waals surface area contributed by atoms with Gasteiger partial charge in [0.1, 0.15) is 30.5 Å².